The van der Waals surface area contributed by atoms with Crippen molar-refractivity contribution in [2.75, 3.05) is 13.7 Å². The lowest BCUT2D eigenvalue weighted by Gasteiger charge is -2.42. The van der Waals surface area contributed by atoms with Crippen LogP contribution in [0.1, 0.15) is 13.8 Å². The third kappa shape index (κ3) is 3.08. The first-order valence-electron chi connectivity index (χ1n) is 5.86. The lowest BCUT2D eigenvalue weighted by atomic mass is 9.93. The van der Waals surface area contributed by atoms with E-state index in [2.05, 4.69) is 11.9 Å². The van der Waals surface area contributed by atoms with Crippen molar-refractivity contribution in [2.24, 2.45) is 0 Å². The molecule has 6 heteroatoms. The van der Waals surface area contributed by atoms with Crippen LogP contribution in [0.25, 0.3) is 0 Å². The number of ether oxygens (including phenoxy) is 2. The van der Waals surface area contributed by atoms with Crippen LogP contribution in [0.5, 0.6) is 0 Å². The monoisotopic (exact) mass is 259 g/mol. The molecule has 3 unspecified atom stereocenters. The minimum absolute atomic E-state index is 0.249. The topological polar surface area (TPSA) is 88.0 Å². The Kier molecular flexibility index (Phi) is 5.28. The van der Waals surface area contributed by atoms with Crippen molar-refractivity contribution in [3.63, 3.8) is 0 Å². The largest absolute Gasteiger partial charge is 0.394 e. The highest BCUT2D eigenvalue weighted by Crippen LogP contribution is 2.23. The van der Waals surface area contributed by atoms with Crippen LogP contribution in [0.3, 0.4) is 0 Å². The van der Waals surface area contributed by atoms with Crippen molar-refractivity contribution in [3.8, 4) is 0 Å². The molecule has 1 heterocycles. The van der Waals surface area contributed by atoms with Crippen molar-refractivity contribution in [3.05, 3.63) is 12.2 Å². The van der Waals surface area contributed by atoms with E-state index in [0.29, 0.717) is 5.57 Å². The quantitative estimate of drug-likeness (QED) is 0.575. The Balaban J connectivity index is 2.79. The van der Waals surface area contributed by atoms with Gasteiger partial charge in [-0.2, -0.15) is 0 Å². The number of aliphatic hydroxyl groups is 2. The van der Waals surface area contributed by atoms with E-state index < -0.39 is 30.5 Å². The third-order valence-corrected chi connectivity index (χ3v) is 3.10. The first-order valence-corrected chi connectivity index (χ1v) is 5.86. The van der Waals surface area contributed by atoms with Gasteiger partial charge in [0.15, 0.2) is 0 Å². The van der Waals surface area contributed by atoms with Gasteiger partial charge in [-0.1, -0.05) is 6.58 Å². The molecule has 1 aliphatic rings. The van der Waals surface area contributed by atoms with Gasteiger partial charge in [-0.25, -0.2) is 0 Å². The fraction of sp³-hybridized carbons (Fsp3) is 0.750. The maximum atomic E-state index is 11.6. The molecule has 0 bridgehead atoms. The van der Waals surface area contributed by atoms with Crippen LogP contribution in [0.2, 0.25) is 0 Å². The van der Waals surface area contributed by atoms with E-state index >= 15 is 0 Å². The van der Waals surface area contributed by atoms with Crippen LogP contribution < -0.4 is 5.32 Å². The molecular weight excluding hydrogens is 238 g/mol. The Morgan fingerprint density at radius 1 is 1.56 bits per heavy atom. The van der Waals surface area contributed by atoms with E-state index in [0.717, 1.165) is 0 Å². The van der Waals surface area contributed by atoms with E-state index in [1.54, 1.807) is 13.8 Å². The summed E-state index contributed by atoms with van der Waals surface area (Å²) in [6.07, 6.45) is -2.65. The number of amides is 1. The van der Waals surface area contributed by atoms with E-state index in [1.807, 2.05) is 0 Å². The summed E-state index contributed by atoms with van der Waals surface area (Å²) in [7, 11) is 1.42. The Bertz CT molecular complexity index is 320. The van der Waals surface area contributed by atoms with Crippen molar-refractivity contribution in [1.29, 1.82) is 0 Å². The van der Waals surface area contributed by atoms with Gasteiger partial charge in [0.05, 0.1) is 18.8 Å². The normalized spacial score (nSPS) is 36.2. The predicted octanol–water partition coefficient (Wildman–Crippen LogP) is -0.797. The van der Waals surface area contributed by atoms with Crippen molar-refractivity contribution < 1.29 is 24.5 Å². The predicted molar refractivity (Wildman–Crippen MR) is 65.0 cm³/mol. The van der Waals surface area contributed by atoms with Gasteiger partial charge in [0.25, 0.3) is 0 Å². The molecule has 0 aromatic heterocycles. The second-order valence-corrected chi connectivity index (χ2v) is 4.53. The standard InChI is InChI=1S/C12H21NO5/c1-6(2)12(16)13-9-7(3)18-8(5-14)11(17-4)10(9)15/h7-11,14-15H,1,5H2,2-4H3,(H,13,16)/t7?,8?,9-,10-,11?/m1/s1. The molecule has 0 aromatic carbocycles. The summed E-state index contributed by atoms with van der Waals surface area (Å²) in [5.74, 6) is -0.341. The molecule has 1 rings (SSSR count). The van der Waals surface area contributed by atoms with Gasteiger partial charge in [0.2, 0.25) is 5.91 Å². The smallest absolute Gasteiger partial charge is 0.246 e. The molecule has 104 valence electrons. The van der Waals surface area contributed by atoms with Crippen molar-refractivity contribution in [1.82, 2.24) is 5.32 Å². The number of methoxy groups -OCH3 is 1. The summed E-state index contributed by atoms with van der Waals surface area (Å²) >= 11 is 0. The number of carbonyl (C=O) groups excluding carboxylic acids is 1. The maximum absolute atomic E-state index is 11.6. The van der Waals surface area contributed by atoms with E-state index in [4.69, 9.17) is 14.6 Å². The molecule has 6 nitrogen and oxygen atoms in total. The van der Waals surface area contributed by atoms with Crippen molar-refractivity contribution >= 4 is 5.91 Å². The summed E-state index contributed by atoms with van der Waals surface area (Å²) in [5.41, 5.74) is 0.354. The second-order valence-electron chi connectivity index (χ2n) is 4.53. The summed E-state index contributed by atoms with van der Waals surface area (Å²) in [5, 5.41) is 22.0. The zero-order chi connectivity index (χ0) is 13.9. The number of hydrogen-bond acceptors (Lipinski definition) is 5. The molecule has 0 aromatic rings. The first kappa shape index (κ1) is 15.1. The molecule has 3 N–H and O–H groups in total. The average Bonchev–Trinajstić information content (AvgIpc) is 2.33. The molecule has 0 radical (unpaired) electrons. The fourth-order valence-corrected chi connectivity index (χ4v) is 2.06. The Morgan fingerprint density at radius 2 is 2.17 bits per heavy atom. The molecule has 1 amide bonds. The summed E-state index contributed by atoms with van der Waals surface area (Å²) in [6.45, 7) is 6.59. The molecule has 18 heavy (non-hydrogen) atoms. The van der Waals surface area contributed by atoms with Gasteiger partial charge in [-0.3, -0.25) is 4.79 Å². The van der Waals surface area contributed by atoms with Gasteiger partial charge in [-0.15, -0.1) is 0 Å². The lowest BCUT2D eigenvalue weighted by Crippen LogP contribution is -2.63. The van der Waals surface area contributed by atoms with Crippen LogP contribution in [-0.4, -0.2) is 60.3 Å². The van der Waals surface area contributed by atoms with E-state index in [1.165, 1.54) is 7.11 Å². The average molecular weight is 259 g/mol. The number of rotatable bonds is 4. The SMILES string of the molecule is C=C(C)C(=O)N[C@@H]1C(C)OC(CO)C(OC)[C@@H]1O. The number of aliphatic hydroxyl groups excluding tert-OH is 2. The van der Waals surface area contributed by atoms with Gasteiger partial charge >= 0.3 is 0 Å². The molecule has 1 saturated heterocycles. The maximum Gasteiger partial charge on any atom is 0.246 e. The minimum atomic E-state index is -0.945. The molecule has 5 atom stereocenters. The summed E-state index contributed by atoms with van der Waals surface area (Å²) < 4.78 is 10.6. The fourth-order valence-electron chi connectivity index (χ4n) is 2.06. The first-order chi connectivity index (χ1) is 8.42. The molecule has 0 saturated carbocycles. The molecular formula is C12H21NO5. The molecule has 0 aliphatic carbocycles. The lowest BCUT2D eigenvalue weighted by molar-refractivity contribution is -0.199. The molecule has 1 fully saturated rings. The van der Waals surface area contributed by atoms with Gasteiger partial charge in [-0.05, 0) is 13.8 Å². The van der Waals surface area contributed by atoms with Crippen LogP contribution in [0, 0.1) is 0 Å². The molecule has 0 spiro atoms. The second kappa shape index (κ2) is 6.29. The zero-order valence-corrected chi connectivity index (χ0v) is 10.9. The van der Waals surface area contributed by atoms with Crippen molar-refractivity contribution in [2.45, 2.75) is 44.3 Å². The third-order valence-electron chi connectivity index (χ3n) is 3.10. The van der Waals surface area contributed by atoms with Gasteiger partial charge < -0.3 is 25.0 Å². The van der Waals surface area contributed by atoms with Crippen LogP contribution >= 0.6 is 0 Å². The number of carbonyl (C=O) groups is 1. The summed E-state index contributed by atoms with van der Waals surface area (Å²) in [6, 6.07) is -0.595. The Labute approximate surface area is 107 Å². The van der Waals surface area contributed by atoms with Gasteiger partial charge in [0, 0.05) is 12.7 Å². The number of hydrogen-bond donors (Lipinski definition) is 3. The Morgan fingerprint density at radius 3 is 2.61 bits per heavy atom. The highest BCUT2D eigenvalue weighted by molar-refractivity contribution is 5.92. The Hall–Kier alpha value is -0.950. The minimum Gasteiger partial charge on any atom is -0.394 e. The van der Waals surface area contributed by atoms with E-state index in [-0.39, 0.29) is 12.5 Å². The number of nitrogens with one attached hydrogen (secondary N) is 1. The van der Waals surface area contributed by atoms with Gasteiger partial charge in [0.1, 0.15) is 18.3 Å². The highest BCUT2D eigenvalue weighted by atomic mass is 16.6. The van der Waals surface area contributed by atoms with Crippen LogP contribution in [0.15, 0.2) is 12.2 Å². The highest BCUT2D eigenvalue weighted by Gasteiger charge is 2.44. The van der Waals surface area contributed by atoms with Crippen LogP contribution in [-0.2, 0) is 14.3 Å². The van der Waals surface area contributed by atoms with Crippen LogP contribution in [0.4, 0.5) is 0 Å². The zero-order valence-electron chi connectivity index (χ0n) is 10.9. The summed E-state index contributed by atoms with van der Waals surface area (Å²) in [4.78, 5) is 11.6. The van der Waals surface area contributed by atoms with E-state index in [9.17, 15) is 9.90 Å². The molecule has 1 aliphatic heterocycles.